The Bertz CT molecular complexity index is 469. The van der Waals surface area contributed by atoms with Crippen molar-refractivity contribution < 1.29 is 22.0 Å². The van der Waals surface area contributed by atoms with Crippen molar-refractivity contribution in [3.63, 3.8) is 0 Å². The molecular weight excluding hydrogens is 253 g/mol. The minimum absolute atomic E-state index is 0.0527. The standard InChI is InChI=1S/C12H12F5N/c1-12(2)3-5(12)4-18-11-9(16)7(14)6(13)8(15)10(11)17/h5,18H,3-4H2,1-2H3. The van der Waals surface area contributed by atoms with Crippen molar-refractivity contribution in [3.8, 4) is 0 Å². The smallest absolute Gasteiger partial charge is 0.200 e. The Morgan fingerprint density at radius 1 is 0.944 bits per heavy atom. The monoisotopic (exact) mass is 265 g/mol. The van der Waals surface area contributed by atoms with Crippen LogP contribution in [0, 0.1) is 40.4 Å². The van der Waals surface area contributed by atoms with Crippen LogP contribution in [0.25, 0.3) is 0 Å². The van der Waals surface area contributed by atoms with Gasteiger partial charge >= 0.3 is 0 Å². The van der Waals surface area contributed by atoms with Gasteiger partial charge in [-0.05, 0) is 17.8 Å². The Balaban J connectivity index is 2.23. The molecule has 18 heavy (non-hydrogen) atoms. The van der Waals surface area contributed by atoms with Gasteiger partial charge in [-0.25, -0.2) is 22.0 Å². The minimum atomic E-state index is -2.14. The van der Waals surface area contributed by atoms with Crippen LogP contribution in [-0.4, -0.2) is 6.54 Å². The number of rotatable bonds is 3. The summed E-state index contributed by atoms with van der Waals surface area (Å²) in [6.07, 6.45) is 0.857. The molecule has 100 valence electrons. The molecule has 1 nitrogen and oxygen atoms in total. The Morgan fingerprint density at radius 3 is 1.72 bits per heavy atom. The van der Waals surface area contributed by atoms with Crippen molar-refractivity contribution in [2.45, 2.75) is 20.3 Å². The van der Waals surface area contributed by atoms with Crippen LogP contribution in [0.4, 0.5) is 27.6 Å². The topological polar surface area (TPSA) is 12.0 Å². The predicted octanol–water partition coefficient (Wildman–Crippen LogP) is 3.84. The van der Waals surface area contributed by atoms with Gasteiger partial charge in [0.25, 0.3) is 0 Å². The Hall–Kier alpha value is -1.33. The van der Waals surface area contributed by atoms with Gasteiger partial charge in [-0.2, -0.15) is 0 Å². The van der Waals surface area contributed by atoms with Crippen LogP contribution >= 0.6 is 0 Å². The molecule has 1 atom stereocenters. The fourth-order valence-electron chi connectivity index (χ4n) is 1.91. The van der Waals surface area contributed by atoms with E-state index in [4.69, 9.17) is 0 Å². The number of nitrogens with one attached hydrogen (secondary N) is 1. The van der Waals surface area contributed by atoms with E-state index in [1.165, 1.54) is 0 Å². The van der Waals surface area contributed by atoms with Crippen LogP contribution in [0.1, 0.15) is 20.3 Å². The zero-order valence-electron chi connectivity index (χ0n) is 9.88. The molecule has 1 unspecified atom stereocenters. The highest BCUT2D eigenvalue weighted by Crippen LogP contribution is 2.51. The molecule has 0 amide bonds. The van der Waals surface area contributed by atoms with Crippen LogP contribution in [0.2, 0.25) is 0 Å². The molecule has 0 radical (unpaired) electrons. The second kappa shape index (κ2) is 4.10. The maximum absolute atomic E-state index is 13.3. The highest BCUT2D eigenvalue weighted by atomic mass is 19.2. The van der Waals surface area contributed by atoms with Gasteiger partial charge < -0.3 is 5.32 Å². The molecule has 1 saturated carbocycles. The third-order valence-corrected chi connectivity index (χ3v) is 3.45. The fourth-order valence-corrected chi connectivity index (χ4v) is 1.91. The van der Waals surface area contributed by atoms with Crippen molar-refractivity contribution in [2.75, 3.05) is 11.9 Å². The maximum atomic E-state index is 13.3. The largest absolute Gasteiger partial charge is 0.380 e. The molecular formula is C12H12F5N. The first-order chi connectivity index (χ1) is 8.25. The number of benzene rings is 1. The SMILES string of the molecule is CC1(C)CC1CNc1c(F)c(F)c(F)c(F)c1F. The van der Waals surface area contributed by atoms with Gasteiger partial charge in [-0.3, -0.25) is 0 Å². The van der Waals surface area contributed by atoms with Gasteiger partial charge in [0.15, 0.2) is 23.3 Å². The molecule has 1 fully saturated rings. The summed E-state index contributed by atoms with van der Waals surface area (Å²) in [4.78, 5) is 0. The summed E-state index contributed by atoms with van der Waals surface area (Å²) >= 11 is 0. The van der Waals surface area contributed by atoms with Crippen LogP contribution in [0.15, 0.2) is 0 Å². The molecule has 0 saturated heterocycles. The van der Waals surface area contributed by atoms with Gasteiger partial charge in [0, 0.05) is 6.54 Å². The van der Waals surface area contributed by atoms with Crippen LogP contribution < -0.4 is 5.32 Å². The van der Waals surface area contributed by atoms with Crippen molar-refractivity contribution in [1.82, 2.24) is 0 Å². The summed E-state index contributed by atoms with van der Waals surface area (Å²) in [5.41, 5.74) is -0.897. The summed E-state index contributed by atoms with van der Waals surface area (Å²) in [6, 6.07) is 0. The van der Waals surface area contributed by atoms with Gasteiger partial charge in [0.05, 0.1) is 0 Å². The molecule has 0 aromatic heterocycles. The van der Waals surface area contributed by atoms with Crippen molar-refractivity contribution in [1.29, 1.82) is 0 Å². The van der Waals surface area contributed by atoms with Crippen LogP contribution in [0.5, 0.6) is 0 Å². The molecule has 0 spiro atoms. The maximum Gasteiger partial charge on any atom is 0.200 e. The second-order valence-electron chi connectivity index (χ2n) is 5.22. The Kier molecular flexibility index (Phi) is 2.99. The first kappa shape index (κ1) is 13.1. The number of hydrogen-bond acceptors (Lipinski definition) is 1. The van der Waals surface area contributed by atoms with E-state index in [0.29, 0.717) is 0 Å². The molecule has 0 aliphatic heterocycles. The van der Waals surface area contributed by atoms with Crippen molar-refractivity contribution in [2.24, 2.45) is 11.3 Å². The van der Waals surface area contributed by atoms with Gasteiger partial charge in [-0.1, -0.05) is 13.8 Å². The molecule has 0 bridgehead atoms. The lowest BCUT2D eigenvalue weighted by atomic mass is 10.1. The van der Waals surface area contributed by atoms with Gasteiger partial charge in [0.2, 0.25) is 5.82 Å². The van der Waals surface area contributed by atoms with Gasteiger partial charge in [-0.15, -0.1) is 0 Å². The van der Waals surface area contributed by atoms with E-state index in [1.54, 1.807) is 0 Å². The Morgan fingerprint density at radius 2 is 1.33 bits per heavy atom. The molecule has 1 aliphatic carbocycles. The summed E-state index contributed by atoms with van der Waals surface area (Å²) in [7, 11) is 0. The zero-order valence-corrected chi connectivity index (χ0v) is 9.88. The van der Waals surface area contributed by atoms with Crippen molar-refractivity contribution >= 4 is 5.69 Å². The minimum Gasteiger partial charge on any atom is -0.380 e. The summed E-state index contributed by atoms with van der Waals surface area (Å²) in [5, 5.41) is 2.31. The average molecular weight is 265 g/mol. The normalized spacial score (nSPS) is 20.9. The second-order valence-corrected chi connectivity index (χ2v) is 5.22. The van der Waals surface area contributed by atoms with E-state index >= 15 is 0 Å². The van der Waals surface area contributed by atoms with Crippen molar-refractivity contribution in [3.05, 3.63) is 29.1 Å². The van der Waals surface area contributed by atoms with Crippen LogP contribution in [-0.2, 0) is 0 Å². The number of hydrogen-bond donors (Lipinski definition) is 1. The van der Waals surface area contributed by atoms with E-state index < -0.39 is 34.8 Å². The summed E-state index contributed by atoms with van der Waals surface area (Å²) in [5.74, 6) is -9.44. The lowest BCUT2D eigenvalue weighted by Crippen LogP contribution is -2.13. The predicted molar refractivity (Wildman–Crippen MR) is 56.6 cm³/mol. The first-order valence-corrected chi connectivity index (χ1v) is 5.51. The lowest BCUT2D eigenvalue weighted by Gasteiger charge is -2.11. The highest BCUT2D eigenvalue weighted by molar-refractivity contribution is 5.48. The van der Waals surface area contributed by atoms with E-state index in [9.17, 15) is 22.0 Å². The zero-order chi connectivity index (χ0) is 13.7. The first-order valence-electron chi connectivity index (χ1n) is 5.51. The average Bonchev–Trinajstić information content (AvgIpc) is 2.92. The van der Waals surface area contributed by atoms with Gasteiger partial charge in [0.1, 0.15) is 5.69 Å². The van der Waals surface area contributed by atoms with E-state index in [0.717, 1.165) is 6.42 Å². The highest BCUT2D eigenvalue weighted by Gasteiger charge is 2.45. The lowest BCUT2D eigenvalue weighted by molar-refractivity contribution is 0.381. The number of anilines is 1. The molecule has 0 heterocycles. The molecule has 1 aromatic carbocycles. The fraction of sp³-hybridized carbons (Fsp3) is 0.500. The molecule has 1 aliphatic rings. The third kappa shape index (κ3) is 2.04. The molecule has 2 rings (SSSR count). The summed E-state index contributed by atoms with van der Waals surface area (Å²) < 4.78 is 65.1. The van der Waals surface area contributed by atoms with E-state index in [1.807, 2.05) is 13.8 Å². The quantitative estimate of drug-likeness (QED) is 0.497. The summed E-state index contributed by atoms with van der Waals surface area (Å²) in [6.45, 7) is 4.13. The number of halogens is 5. The molecule has 1 aromatic rings. The van der Waals surface area contributed by atoms with E-state index in [-0.39, 0.29) is 17.9 Å². The Labute approximate surface area is 101 Å². The van der Waals surface area contributed by atoms with E-state index in [2.05, 4.69) is 5.32 Å². The molecule has 6 heteroatoms. The van der Waals surface area contributed by atoms with Crippen LogP contribution in [0.3, 0.4) is 0 Å². The third-order valence-electron chi connectivity index (χ3n) is 3.45. The molecule has 1 N–H and O–H groups in total.